The standard InChI is InChI=1S/C30H36N4O8S2/c1-41-29(39)21(11-13-43-3)31-15-23(35)33-19-9-5-7-17-25(19)28(38)26-18(27(17)37)8-6-10-20(26)34-24(36)16-32-22(12-14-44-4)30(40)42-2/h5-10,21-22,31-32H,11-16H2,1-4H3,(H,33,35)(H,34,36). The molecule has 0 fully saturated rings. The van der Waals surface area contributed by atoms with Crippen LogP contribution in [-0.2, 0) is 28.7 Å². The van der Waals surface area contributed by atoms with Crippen LogP contribution in [0.5, 0.6) is 0 Å². The molecule has 236 valence electrons. The van der Waals surface area contributed by atoms with Crippen LogP contribution in [0.1, 0.15) is 44.7 Å². The Hall–Kier alpha value is -3.72. The molecule has 2 atom stereocenters. The highest BCUT2D eigenvalue weighted by molar-refractivity contribution is 7.98. The molecule has 0 bridgehead atoms. The molecule has 2 amide bonds. The summed E-state index contributed by atoms with van der Waals surface area (Å²) in [5, 5.41) is 11.1. The SMILES string of the molecule is COC(=O)C(CCSC)NCC(=O)Nc1cccc2c1C(=O)c1c(NC(=O)CNC(CCSC)C(=O)OC)cccc1C2=O. The minimum Gasteiger partial charge on any atom is -0.468 e. The number of ether oxygens (including phenoxy) is 2. The molecule has 2 aromatic carbocycles. The van der Waals surface area contributed by atoms with E-state index in [0.717, 1.165) is 0 Å². The van der Waals surface area contributed by atoms with Gasteiger partial charge in [-0.05, 0) is 49.0 Å². The number of ketones is 2. The third-order valence-electron chi connectivity index (χ3n) is 6.83. The van der Waals surface area contributed by atoms with Crippen molar-refractivity contribution in [2.45, 2.75) is 24.9 Å². The number of esters is 2. The van der Waals surface area contributed by atoms with Gasteiger partial charge in [-0.1, -0.05) is 24.3 Å². The fourth-order valence-corrected chi connectivity index (χ4v) is 5.58. The lowest BCUT2D eigenvalue weighted by Gasteiger charge is -2.23. The van der Waals surface area contributed by atoms with E-state index in [1.807, 2.05) is 12.5 Å². The number of nitrogens with one attached hydrogen (secondary N) is 4. The summed E-state index contributed by atoms with van der Waals surface area (Å²) in [5.41, 5.74) is 0.450. The second-order valence-corrected chi connectivity index (χ2v) is 11.7. The number of thioether (sulfide) groups is 2. The lowest BCUT2D eigenvalue weighted by atomic mass is 9.82. The van der Waals surface area contributed by atoms with Crippen molar-refractivity contribution < 1.29 is 38.2 Å². The third kappa shape index (κ3) is 8.68. The van der Waals surface area contributed by atoms with Crippen molar-refractivity contribution in [3.8, 4) is 0 Å². The van der Waals surface area contributed by atoms with Crippen LogP contribution in [0.15, 0.2) is 36.4 Å². The number of hydrogen-bond acceptors (Lipinski definition) is 12. The Labute approximate surface area is 264 Å². The molecule has 0 aromatic heterocycles. The summed E-state index contributed by atoms with van der Waals surface area (Å²) < 4.78 is 9.62. The third-order valence-corrected chi connectivity index (χ3v) is 8.12. The highest BCUT2D eigenvalue weighted by atomic mass is 32.2. The zero-order valence-corrected chi connectivity index (χ0v) is 26.6. The quantitative estimate of drug-likeness (QED) is 0.168. The van der Waals surface area contributed by atoms with E-state index >= 15 is 0 Å². The Kier molecular flexibility index (Phi) is 13.4. The lowest BCUT2D eigenvalue weighted by molar-refractivity contribution is -0.144. The molecular formula is C30H36N4O8S2. The second kappa shape index (κ2) is 16.9. The maximum Gasteiger partial charge on any atom is 0.322 e. The maximum atomic E-state index is 13.9. The number of fused-ring (bicyclic) bond motifs is 2. The molecule has 0 saturated heterocycles. The largest absolute Gasteiger partial charge is 0.468 e. The van der Waals surface area contributed by atoms with Crippen molar-refractivity contribution in [2.75, 3.05) is 62.0 Å². The minimum absolute atomic E-state index is 0.00658. The first kappa shape index (κ1) is 34.8. The normalized spacial score (nSPS) is 13.3. The van der Waals surface area contributed by atoms with Crippen LogP contribution >= 0.6 is 23.5 Å². The van der Waals surface area contributed by atoms with E-state index in [1.54, 1.807) is 35.7 Å². The van der Waals surface area contributed by atoms with Gasteiger partial charge in [-0.25, -0.2) is 0 Å². The zero-order valence-electron chi connectivity index (χ0n) is 24.9. The average molecular weight is 645 g/mol. The Morgan fingerprint density at radius 2 is 1.09 bits per heavy atom. The predicted octanol–water partition coefficient (Wildman–Crippen LogP) is 2.11. The Morgan fingerprint density at radius 1 is 0.682 bits per heavy atom. The molecule has 14 heteroatoms. The highest BCUT2D eigenvalue weighted by Crippen LogP contribution is 2.35. The molecule has 1 aliphatic rings. The van der Waals surface area contributed by atoms with E-state index in [4.69, 9.17) is 9.47 Å². The van der Waals surface area contributed by atoms with Gasteiger partial charge in [0.25, 0.3) is 0 Å². The molecule has 12 nitrogen and oxygen atoms in total. The number of benzene rings is 2. The summed E-state index contributed by atoms with van der Waals surface area (Å²) in [4.78, 5) is 77.2. The summed E-state index contributed by atoms with van der Waals surface area (Å²) in [6, 6.07) is 7.74. The Balaban J connectivity index is 1.79. The molecule has 0 heterocycles. The fraction of sp³-hybridized carbons (Fsp3) is 0.400. The van der Waals surface area contributed by atoms with Gasteiger partial charge < -0.3 is 20.1 Å². The van der Waals surface area contributed by atoms with Gasteiger partial charge >= 0.3 is 11.9 Å². The van der Waals surface area contributed by atoms with E-state index in [0.29, 0.717) is 24.3 Å². The number of anilines is 2. The van der Waals surface area contributed by atoms with Crippen molar-refractivity contribution in [1.82, 2.24) is 10.6 Å². The number of amides is 2. The summed E-state index contributed by atoms with van der Waals surface area (Å²) >= 11 is 3.10. The van der Waals surface area contributed by atoms with E-state index < -0.39 is 47.4 Å². The van der Waals surface area contributed by atoms with Crippen LogP contribution in [0.2, 0.25) is 0 Å². The molecule has 4 N–H and O–H groups in total. The minimum atomic E-state index is -0.688. The van der Waals surface area contributed by atoms with E-state index in [-0.39, 0.29) is 46.7 Å². The predicted molar refractivity (Wildman–Crippen MR) is 171 cm³/mol. The van der Waals surface area contributed by atoms with Gasteiger partial charge in [-0.2, -0.15) is 23.5 Å². The van der Waals surface area contributed by atoms with Crippen LogP contribution in [0.3, 0.4) is 0 Å². The van der Waals surface area contributed by atoms with Gasteiger partial charge in [0.15, 0.2) is 11.6 Å². The summed E-state index contributed by atoms with van der Waals surface area (Å²) in [6.45, 7) is -0.483. The zero-order chi connectivity index (χ0) is 32.2. The van der Waals surface area contributed by atoms with E-state index in [9.17, 15) is 28.8 Å². The van der Waals surface area contributed by atoms with Gasteiger partial charge in [0.2, 0.25) is 11.8 Å². The summed E-state index contributed by atoms with van der Waals surface area (Å²) in [6.07, 6.45) is 4.71. The average Bonchev–Trinajstić information content (AvgIpc) is 3.02. The first-order valence-corrected chi connectivity index (χ1v) is 16.5. The molecule has 0 radical (unpaired) electrons. The van der Waals surface area contributed by atoms with Crippen LogP contribution in [0, 0.1) is 0 Å². The molecule has 2 aromatic rings. The van der Waals surface area contributed by atoms with E-state index in [2.05, 4.69) is 21.3 Å². The van der Waals surface area contributed by atoms with Crippen molar-refractivity contribution in [2.24, 2.45) is 0 Å². The van der Waals surface area contributed by atoms with E-state index in [1.165, 1.54) is 38.5 Å². The Bertz CT molecular complexity index is 1320. The summed E-state index contributed by atoms with van der Waals surface area (Å²) in [5.74, 6) is -1.69. The molecule has 0 saturated carbocycles. The van der Waals surface area contributed by atoms with Gasteiger partial charge in [0.1, 0.15) is 12.1 Å². The summed E-state index contributed by atoms with van der Waals surface area (Å²) in [7, 11) is 2.54. The topological polar surface area (TPSA) is 169 Å². The molecule has 0 aliphatic heterocycles. The van der Waals surface area contributed by atoms with Crippen molar-refractivity contribution in [1.29, 1.82) is 0 Å². The molecular weight excluding hydrogens is 608 g/mol. The monoisotopic (exact) mass is 644 g/mol. The molecule has 0 spiro atoms. The van der Waals surface area contributed by atoms with Crippen LogP contribution < -0.4 is 21.3 Å². The number of carbonyl (C=O) groups excluding carboxylic acids is 6. The second-order valence-electron chi connectivity index (χ2n) is 9.69. The first-order chi connectivity index (χ1) is 21.2. The molecule has 1 aliphatic carbocycles. The van der Waals surface area contributed by atoms with Crippen molar-refractivity contribution in [3.05, 3.63) is 58.7 Å². The van der Waals surface area contributed by atoms with Gasteiger partial charge in [-0.15, -0.1) is 0 Å². The smallest absolute Gasteiger partial charge is 0.322 e. The van der Waals surface area contributed by atoms with Crippen molar-refractivity contribution in [3.63, 3.8) is 0 Å². The number of rotatable bonds is 16. The van der Waals surface area contributed by atoms with Gasteiger partial charge in [0, 0.05) is 11.1 Å². The number of carbonyl (C=O) groups is 6. The first-order valence-electron chi connectivity index (χ1n) is 13.7. The number of methoxy groups -OCH3 is 2. The van der Waals surface area contributed by atoms with Crippen LogP contribution in [-0.4, -0.2) is 98.7 Å². The van der Waals surface area contributed by atoms with Crippen LogP contribution in [0.25, 0.3) is 0 Å². The lowest BCUT2D eigenvalue weighted by Crippen LogP contribution is -2.42. The van der Waals surface area contributed by atoms with Gasteiger partial charge in [-0.3, -0.25) is 39.4 Å². The maximum absolute atomic E-state index is 13.9. The molecule has 44 heavy (non-hydrogen) atoms. The van der Waals surface area contributed by atoms with Crippen LogP contribution in [0.4, 0.5) is 11.4 Å². The molecule has 2 unspecified atom stereocenters. The van der Waals surface area contributed by atoms with Crippen molar-refractivity contribution >= 4 is 70.2 Å². The number of hydrogen-bond donors (Lipinski definition) is 4. The fourth-order valence-electron chi connectivity index (χ4n) is 4.63. The molecule has 3 rings (SSSR count). The highest BCUT2D eigenvalue weighted by Gasteiger charge is 2.34. The Morgan fingerprint density at radius 3 is 1.45 bits per heavy atom. The van der Waals surface area contributed by atoms with Gasteiger partial charge in [0.05, 0.1) is 49.8 Å².